The van der Waals surface area contributed by atoms with Crippen LogP contribution in [0.1, 0.15) is 200 Å². The smallest absolute Gasteiger partial charge is 0.404 e. The van der Waals surface area contributed by atoms with Crippen LogP contribution in [0.5, 0.6) is 17.2 Å². The average Bonchev–Trinajstić information content (AvgIpc) is 2.28. The number of pyridine rings is 3. The molecule has 0 aliphatic carbocycles. The van der Waals surface area contributed by atoms with Gasteiger partial charge in [-0.1, -0.05) is 179 Å². The Morgan fingerprint density at radius 3 is 1.66 bits per heavy atom. The maximum Gasteiger partial charge on any atom is 0.404 e. The fourth-order valence-electron chi connectivity index (χ4n) is 9.45. The molecule has 4 aliphatic rings. The van der Waals surface area contributed by atoms with Crippen molar-refractivity contribution >= 4 is 23.5 Å². The molecule has 3 saturated heterocycles. The third-order valence-electron chi connectivity index (χ3n) is 13.8. The lowest BCUT2D eigenvalue weighted by Crippen LogP contribution is -2.33. The Hall–Kier alpha value is -6.07. The Morgan fingerprint density at radius 1 is 0.605 bits per heavy atom. The van der Waals surface area contributed by atoms with E-state index < -0.39 is 6.04 Å². The maximum absolute atomic E-state index is 13.7. The first-order valence-corrected chi connectivity index (χ1v) is 32.7. The molecule has 4 atom stereocenters. The summed E-state index contributed by atoms with van der Waals surface area (Å²) in [6, 6.07) is 29.1. The molecular formula is C75H117F2N5O4. The van der Waals surface area contributed by atoms with Crippen molar-refractivity contribution < 1.29 is 27.7 Å². The zero-order valence-corrected chi connectivity index (χ0v) is 57.2. The molecule has 0 N–H and O–H groups in total. The molecule has 4 unspecified atom stereocenters. The number of hydrogen-bond donors (Lipinski definition) is 0. The number of aryl methyl sites for hydroxylation is 1. The highest BCUT2D eigenvalue weighted by molar-refractivity contribution is 5.59. The van der Waals surface area contributed by atoms with Crippen molar-refractivity contribution in [3.8, 4) is 17.2 Å². The molecule has 5 aromatic rings. The quantitative estimate of drug-likeness (QED) is 0.101. The van der Waals surface area contributed by atoms with Crippen LogP contribution in [-0.4, -0.2) is 66.0 Å². The third kappa shape index (κ3) is 32.1. The minimum Gasteiger partial charge on any atom is -0.495 e. The van der Waals surface area contributed by atoms with E-state index in [2.05, 4.69) is 149 Å². The normalized spacial score (nSPS) is 18.3. The number of alkyl halides is 1. The fraction of sp³-hybridized carbons (Fsp3) is 0.560. The first-order valence-electron chi connectivity index (χ1n) is 32.7. The highest BCUT2D eigenvalue weighted by Crippen LogP contribution is 2.43. The summed E-state index contributed by atoms with van der Waals surface area (Å²) in [5.74, 6) is 4.83. The Kier molecular flexibility index (Phi) is 41.0. The summed E-state index contributed by atoms with van der Waals surface area (Å²) in [7, 11) is 1.49. The van der Waals surface area contributed by atoms with Crippen molar-refractivity contribution in [3.63, 3.8) is 0 Å². The van der Waals surface area contributed by atoms with Gasteiger partial charge < -0.3 is 28.7 Å². The number of hydrogen-bond acceptors (Lipinski definition) is 9. The Bertz CT molecular complexity index is 2530. The van der Waals surface area contributed by atoms with Crippen LogP contribution in [0.2, 0.25) is 0 Å². The van der Waals surface area contributed by atoms with Crippen LogP contribution < -0.4 is 24.0 Å². The number of para-hydroxylation sites is 1. The van der Waals surface area contributed by atoms with Crippen molar-refractivity contribution in [1.29, 1.82) is 0 Å². The topological polar surface area (TPSA) is 82.1 Å². The predicted molar refractivity (Wildman–Crippen MR) is 366 cm³/mol. The molecule has 7 heterocycles. The summed E-state index contributed by atoms with van der Waals surface area (Å²) < 4.78 is 47.6. The molecular weight excluding hydrogens is 1070 g/mol. The zero-order chi connectivity index (χ0) is 64.5. The monoisotopic (exact) mass is 1190 g/mol. The molecule has 3 fully saturated rings. The van der Waals surface area contributed by atoms with Gasteiger partial charge in [0.25, 0.3) is 0 Å². The molecule has 0 radical (unpaired) electrons. The van der Waals surface area contributed by atoms with Gasteiger partial charge in [0, 0.05) is 80.3 Å². The van der Waals surface area contributed by atoms with Crippen LogP contribution in [0.15, 0.2) is 134 Å². The van der Waals surface area contributed by atoms with E-state index in [0.717, 1.165) is 48.8 Å². The summed E-state index contributed by atoms with van der Waals surface area (Å²) in [6.45, 7) is 42.9. The van der Waals surface area contributed by atoms with Crippen LogP contribution in [0.25, 0.3) is 12.2 Å². The molecule has 0 saturated carbocycles. The standard InChI is InChI=1S/C15H20FNO2.C13H19N.C11H14FNO.C10H15N.C10H13N.C10H18O.3C2H6/c1-10(2)12-5-4-8-17(12)11-6-7-13-14(9-11)19-15(3,16)18-13;1-11(2)13-9-6-10-14(13)12-7-4-3-5-8-12;1-8(2)4-5-11-10(12)6-9(14-3)7-13-11;3*1-9(2)6-7-10-5-3-4-8-11-10;3*1-2/h6-7,9-10,12H,4-5,8H2,1-3H3;3-5,7-8,11,13H,6,9-10H2,1-2H3;4-8H,1-3H3;3-5,8-9H,6-7H2,1-2H3;3-9H,1-2H3;6-7,9-10H,3-5,8H2,1-2H3;3*1-2H3/b;;5-4+;;2*7-6+;;;. The van der Waals surface area contributed by atoms with Crippen molar-refractivity contribution in [2.24, 2.45) is 35.5 Å². The van der Waals surface area contributed by atoms with Crippen LogP contribution in [0.3, 0.4) is 0 Å². The number of aromatic nitrogens is 3. The van der Waals surface area contributed by atoms with Crippen LogP contribution in [0.4, 0.5) is 20.2 Å². The number of benzene rings is 2. The Labute approximate surface area is 523 Å². The van der Waals surface area contributed by atoms with Gasteiger partial charge in [-0.05, 0) is 154 Å². The molecule has 0 amide bonds. The van der Waals surface area contributed by atoms with Gasteiger partial charge in [0.2, 0.25) is 0 Å². The van der Waals surface area contributed by atoms with E-state index >= 15 is 0 Å². The molecule has 2 aromatic carbocycles. The van der Waals surface area contributed by atoms with Crippen LogP contribution >= 0.6 is 0 Å². The first kappa shape index (κ1) is 77.9. The van der Waals surface area contributed by atoms with E-state index in [1.807, 2.05) is 116 Å². The van der Waals surface area contributed by atoms with Gasteiger partial charge in [0.15, 0.2) is 17.3 Å². The molecule has 9 nitrogen and oxygen atoms in total. The summed E-state index contributed by atoms with van der Waals surface area (Å²) in [5.41, 5.74) is 5.07. The summed E-state index contributed by atoms with van der Waals surface area (Å²) in [5, 5.41) is 0. The van der Waals surface area contributed by atoms with Crippen molar-refractivity contribution in [2.75, 3.05) is 36.6 Å². The number of allylic oxidation sites excluding steroid dienone is 3. The number of methoxy groups -OCH3 is 1. The molecule has 3 aromatic heterocycles. The van der Waals surface area contributed by atoms with Crippen molar-refractivity contribution in [1.82, 2.24) is 15.0 Å². The first-order chi connectivity index (χ1) is 41.2. The second-order valence-electron chi connectivity index (χ2n) is 23.3. The molecule has 0 bridgehead atoms. The van der Waals surface area contributed by atoms with Gasteiger partial charge in [0.05, 0.1) is 30.8 Å². The number of halogens is 2. The highest BCUT2D eigenvalue weighted by Gasteiger charge is 2.38. The average molecular weight is 1190 g/mol. The molecule has 9 rings (SSSR count). The second kappa shape index (κ2) is 45.2. The maximum atomic E-state index is 13.7. The van der Waals surface area contributed by atoms with Gasteiger partial charge in [-0.25, -0.2) is 9.37 Å². The lowest BCUT2D eigenvalue weighted by molar-refractivity contribution is -0.173. The van der Waals surface area contributed by atoms with E-state index in [1.165, 1.54) is 95.6 Å². The zero-order valence-electron chi connectivity index (χ0n) is 57.2. The number of fused-ring (bicyclic) bond motifs is 1. The summed E-state index contributed by atoms with van der Waals surface area (Å²) >= 11 is 0. The van der Waals surface area contributed by atoms with Gasteiger partial charge in [0.1, 0.15) is 5.75 Å². The van der Waals surface area contributed by atoms with Crippen LogP contribution in [0, 0.1) is 41.3 Å². The molecule has 480 valence electrons. The van der Waals surface area contributed by atoms with E-state index in [4.69, 9.17) is 18.9 Å². The van der Waals surface area contributed by atoms with Gasteiger partial charge >= 0.3 is 6.04 Å². The van der Waals surface area contributed by atoms with Crippen LogP contribution in [-0.2, 0) is 11.2 Å². The molecule has 86 heavy (non-hydrogen) atoms. The number of anilines is 2. The van der Waals surface area contributed by atoms with E-state index in [9.17, 15) is 8.78 Å². The highest BCUT2D eigenvalue weighted by atomic mass is 19.2. The molecule has 0 spiro atoms. The number of nitrogens with zero attached hydrogens (tertiary/aromatic N) is 5. The van der Waals surface area contributed by atoms with Gasteiger partial charge in [-0.2, -0.15) is 4.39 Å². The largest absolute Gasteiger partial charge is 0.495 e. The van der Waals surface area contributed by atoms with Crippen molar-refractivity contribution in [2.45, 2.75) is 214 Å². The van der Waals surface area contributed by atoms with Gasteiger partial charge in [-0.3, -0.25) is 9.97 Å². The van der Waals surface area contributed by atoms with Crippen molar-refractivity contribution in [3.05, 3.63) is 157 Å². The summed E-state index contributed by atoms with van der Waals surface area (Å²) in [6.07, 6.45) is 29.0. The second-order valence-corrected chi connectivity index (χ2v) is 23.3. The Balaban J connectivity index is 0.000000513. The lowest BCUT2D eigenvalue weighted by atomic mass is 10.0. The third-order valence-corrected chi connectivity index (χ3v) is 13.8. The predicted octanol–water partition coefficient (Wildman–Crippen LogP) is 21.2. The van der Waals surface area contributed by atoms with E-state index in [0.29, 0.717) is 58.8 Å². The van der Waals surface area contributed by atoms with Gasteiger partial charge in [-0.15, -0.1) is 0 Å². The molecule has 4 aliphatic heterocycles. The lowest BCUT2D eigenvalue weighted by Gasteiger charge is -2.29. The molecule has 11 heteroatoms. The SMILES string of the molecule is CC.CC.CC.CC(C)/C=C/C1CCCCO1.CC(C)/C=C/c1ccccn1.CC(C)C1CCCN1c1ccc2c(c1)OC(C)(F)O2.CC(C)C1CCCN1c1ccccc1.CC(C)CCc1ccccn1.COc1cnc(/C=C/C(C)C)c(F)c1. The number of rotatable bonds is 14. The minimum atomic E-state index is -2.04. The fourth-order valence-corrected chi connectivity index (χ4v) is 9.45. The number of ether oxygens (including phenoxy) is 4. The van der Waals surface area contributed by atoms with E-state index in [1.54, 1.807) is 18.3 Å². The minimum absolute atomic E-state index is 0.347. The van der Waals surface area contributed by atoms with E-state index in [-0.39, 0.29) is 5.82 Å². The summed E-state index contributed by atoms with van der Waals surface area (Å²) in [4.78, 5) is 17.3. The Morgan fingerprint density at radius 2 is 1.16 bits per heavy atom.